The van der Waals surface area contributed by atoms with Crippen LogP contribution in [0.1, 0.15) is 4.88 Å². The van der Waals surface area contributed by atoms with Gasteiger partial charge in [0.2, 0.25) is 0 Å². The molecule has 0 atom stereocenters. The minimum atomic E-state index is 0.597. The summed E-state index contributed by atoms with van der Waals surface area (Å²) in [5.41, 5.74) is 8.83. The van der Waals surface area contributed by atoms with Gasteiger partial charge in [0.15, 0.2) is 5.13 Å². The third-order valence-electron chi connectivity index (χ3n) is 2.96. The standard InChI is InChI=1S/C13H13N3OS/c1-7-12(16-13(14)18-7)10-6-15-11-4-3-8(17-2)5-9(10)11/h3-6,15H,1-2H3,(H2,14,16). The number of aryl methyl sites for hydroxylation is 1. The number of ether oxygens (including phenoxy) is 1. The van der Waals surface area contributed by atoms with E-state index in [4.69, 9.17) is 10.5 Å². The average Bonchev–Trinajstić information content (AvgIpc) is 2.91. The maximum atomic E-state index is 5.76. The number of methoxy groups -OCH3 is 1. The largest absolute Gasteiger partial charge is 0.497 e. The molecule has 0 saturated carbocycles. The molecule has 0 aliphatic carbocycles. The van der Waals surface area contributed by atoms with E-state index in [9.17, 15) is 0 Å². The Morgan fingerprint density at radius 1 is 1.39 bits per heavy atom. The Bertz CT molecular complexity index is 714. The van der Waals surface area contributed by atoms with E-state index in [0.29, 0.717) is 5.13 Å². The first-order valence-corrected chi connectivity index (χ1v) is 6.39. The Labute approximate surface area is 108 Å². The van der Waals surface area contributed by atoms with Crippen molar-refractivity contribution in [1.29, 1.82) is 0 Å². The minimum Gasteiger partial charge on any atom is -0.497 e. The number of aromatic amines is 1. The second-order valence-electron chi connectivity index (χ2n) is 4.07. The Morgan fingerprint density at radius 3 is 2.89 bits per heavy atom. The molecular weight excluding hydrogens is 246 g/mol. The third kappa shape index (κ3) is 1.64. The van der Waals surface area contributed by atoms with Crippen LogP contribution in [0.5, 0.6) is 5.75 Å². The maximum absolute atomic E-state index is 5.76. The van der Waals surface area contributed by atoms with Crippen molar-refractivity contribution in [2.24, 2.45) is 0 Å². The number of benzene rings is 1. The van der Waals surface area contributed by atoms with Gasteiger partial charge < -0.3 is 15.5 Å². The average molecular weight is 259 g/mol. The number of aromatic nitrogens is 2. The molecule has 2 heterocycles. The number of thiazole rings is 1. The monoisotopic (exact) mass is 259 g/mol. The van der Waals surface area contributed by atoms with Crippen LogP contribution in [-0.4, -0.2) is 17.1 Å². The number of nitrogens with two attached hydrogens (primary N) is 1. The fourth-order valence-corrected chi connectivity index (χ4v) is 2.79. The Hall–Kier alpha value is -2.01. The number of hydrogen-bond acceptors (Lipinski definition) is 4. The lowest BCUT2D eigenvalue weighted by atomic mass is 10.1. The van der Waals surface area contributed by atoms with Gasteiger partial charge in [-0.2, -0.15) is 0 Å². The van der Waals surface area contributed by atoms with E-state index in [-0.39, 0.29) is 0 Å². The van der Waals surface area contributed by atoms with Crippen LogP contribution >= 0.6 is 11.3 Å². The molecule has 3 rings (SSSR count). The zero-order chi connectivity index (χ0) is 12.7. The highest BCUT2D eigenvalue weighted by Gasteiger charge is 2.13. The normalized spacial score (nSPS) is 11.0. The van der Waals surface area contributed by atoms with Gasteiger partial charge in [0.05, 0.1) is 12.8 Å². The Kier molecular flexibility index (Phi) is 2.48. The molecule has 4 nitrogen and oxygen atoms in total. The van der Waals surface area contributed by atoms with Crippen molar-refractivity contribution in [1.82, 2.24) is 9.97 Å². The molecule has 92 valence electrons. The first-order chi connectivity index (χ1) is 8.69. The highest BCUT2D eigenvalue weighted by molar-refractivity contribution is 7.15. The maximum Gasteiger partial charge on any atom is 0.180 e. The molecule has 0 spiro atoms. The van der Waals surface area contributed by atoms with Gasteiger partial charge in [-0.15, -0.1) is 11.3 Å². The van der Waals surface area contributed by atoms with Crippen LogP contribution in [0.2, 0.25) is 0 Å². The first-order valence-electron chi connectivity index (χ1n) is 5.57. The molecule has 18 heavy (non-hydrogen) atoms. The second kappa shape index (κ2) is 4.03. The van der Waals surface area contributed by atoms with E-state index in [1.807, 2.05) is 31.3 Å². The summed E-state index contributed by atoms with van der Waals surface area (Å²) in [4.78, 5) is 8.76. The van der Waals surface area contributed by atoms with Gasteiger partial charge in [-0.1, -0.05) is 0 Å². The molecule has 0 radical (unpaired) electrons. The molecule has 0 bridgehead atoms. The number of hydrogen-bond donors (Lipinski definition) is 2. The van der Waals surface area contributed by atoms with E-state index < -0.39 is 0 Å². The summed E-state index contributed by atoms with van der Waals surface area (Å²) in [5, 5.41) is 1.70. The summed E-state index contributed by atoms with van der Waals surface area (Å²) in [5.74, 6) is 0.837. The topological polar surface area (TPSA) is 63.9 Å². The number of fused-ring (bicyclic) bond motifs is 1. The highest BCUT2D eigenvalue weighted by Crippen LogP contribution is 2.35. The van der Waals surface area contributed by atoms with Crippen LogP contribution in [0.15, 0.2) is 24.4 Å². The summed E-state index contributed by atoms with van der Waals surface area (Å²) in [6.45, 7) is 2.03. The minimum absolute atomic E-state index is 0.597. The van der Waals surface area contributed by atoms with Gasteiger partial charge in [0, 0.05) is 27.5 Å². The number of rotatable bonds is 2. The highest BCUT2D eigenvalue weighted by atomic mass is 32.1. The molecule has 0 aliphatic rings. The van der Waals surface area contributed by atoms with Gasteiger partial charge in [-0.25, -0.2) is 4.98 Å². The Balaban J connectivity index is 2.25. The van der Waals surface area contributed by atoms with Gasteiger partial charge in [-0.3, -0.25) is 0 Å². The summed E-state index contributed by atoms with van der Waals surface area (Å²) >= 11 is 1.51. The number of nitrogens with one attached hydrogen (secondary N) is 1. The van der Waals surface area contributed by atoms with Crippen LogP contribution in [0.25, 0.3) is 22.2 Å². The summed E-state index contributed by atoms with van der Waals surface area (Å²) < 4.78 is 5.26. The molecule has 1 aromatic carbocycles. The molecule has 0 fully saturated rings. The lowest BCUT2D eigenvalue weighted by Crippen LogP contribution is -1.84. The predicted molar refractivity (Wildman–Crippen MR) is 75.1 cm³/mol. The molecule has 5 heteroatoms. The van der Waals surface area contributed by atoms with Gasteiger partial charge in [0.25, 0.3) is 0 Å². The van der Waals surface area contributed by atoms with E-state index in [2.05, 4.69) is 9.97 Å². The second-order valence-corrected chi connectivity index (χ2v) is 5.31. The molecule has 0 aliphatic heterocycles. The molecule has 0 unspecified atom stereocenters. The van der Waals surface area contributed by atoms with Crippen molar-refractivity contribution < 1.29 is 4.74 Å². The van der Waals surface area contributed by atoms with E-state index >= 15 is 0 Å². The first kappa shape index (κ1) is 11.1. The van der Waals surface area contributed by atoms with E-state index in [1.165, 1.54) is 11.3 Å². The fraction of sp³-hybridized carbons (Fsp3) is 0.154. The zero-order valence-electron chi connectivity index (χ0n) is 10.2. The lowest BCUT2D eigenvalue weighted by molar-refractivity contribution is 0.415. The van der Waals surface area contributed by atoms with Gasteiger partial charge in [0.1, 0.15) is 5.75 Å². The van der Waals surface area contributed by atoms with E-state index in [0.717, 1.165) is 32.8 Å². The lowest BCUT2D eigenvalue weighted by Gasteiger charge is -2.01. The SMILES string of the molecule is COc1ccc2[nH]cc(-c3nc(N)sc3C)c2c1. The van der Waals surface area contributed by atoms with Crippen LogP contribution in [0.3, 0.4) is 0 Å². The summed E-state index contributed by atoms with van der Waals surface area (Å²) in [6, 6.07) is 5.95. The quantitative estimate of drug-likeness (QED) is 0.743. The van der Waals surface area contributed by atoms with Crippen molar-refractivity contribution in [3.63, 3.8) is 0 Å². The molecule has 3 aromatic rings. The smallest absolute Gasteiger partial charge is 0.180 e. The number of anilines is 1. The molecule has 0 saturated heterocycles. The number of H-pyrrole nitrogens is 1. The van der Waals surface area contributed by atoms with Crippen molar-refractivity contribution in [3.8, 4) is 17.0 Å². The fourth-order valence-electron chi connectivity index (χ4n) is 2.09. The van der Waals surface area contributed by atoms with Gasteiger partial charge in [-0.05, 0) is 25.1 Å². The molecule has 0 amide bonds. The van der Waals surface area contributed by atoms with E-state index in [1.54, 1.807) is 7.11 Å². The number of nitrogen functional groups attached to an aromatic ring is 1. The summed E-state index contributed by atoms with van der Waals surface area (Å²) in [7, 11) is 1.67. The van der Waals surface area contributed by atoms with Crippen molar-refractivity contribution >= 4 is 27.4 Å². The van der Waals surface area contributed by atoms with Crippen LogP contribution in [0.4, 0.5) is 5.13 Å². The van der Waals surface area contributed by atoms with Gasteiger partial charge >= 0.3 is 0 Å². The van der Waals surface area contributed by atoms with Crippen LogP contribution < -0.4 is 10.5 Å². The van der Waals surface area contributed by atoms with Crippen LogP contribution in [-0.2, 0) is 0 Å². The van der Waals surface area contributed by atoms with Crippen LogP contribution in [0, 0.1) is 6.92 Å². The van der Waals surface area contributed by atoms with Crippen molar-refractivity contribution in [3.05, 3.63) is 29.3 Å². The third-order valence-corrected chi connectivity index (χ3v) is 3.76. The zero-order valence-corrected chi connectivity index (χ0v) is 11.0. The van der Waals surface area contributed by atoms with Crippen molar-refractivity contribution in [2.45, 2.75) is 6.92 Å². The molecular formula is C13H13N3OS. The molecule has 2 aromatic heterocycles. The van der Waals surface area contributed by atoms with Crippen molar-refractivity contribution in [2.75, 3.05) is 12.8 Å². The Morgan fingerprint density at radius 2 is 2.22 bits per heavy atom. The predicted octanol–water partition coefficient (Wildman–Crippen LogP) is 3.19. The number of nitrogens with zero attached hydrogens (tertiary/aromatic N) is 1. The molecule has 3 N–H and O–H groups in total. The summed E-state index contributed by atoms with van der Waals surface area (Å²) in [6.07, 6.45) is 1.96.